The second-order valence-corrected chi connectivity index (χ2v) is 5.63. The highest BCUT2D eigenvalue weighted by atomic mass is 32.1. The molecule has 19 heavy (non-hydrogen) atoms. The number of hydrogen-bond acceptors (Lipinski definition) is 5. The van der Waals surface area contributed by atoms with Crippen molar-refractivity contribution < 1.29 is 0 Å². The standard InChI is InChI=1S/C14H12N4S/c1-18-4-2-9-6-10(7-15-13(9)18)12-11-3-5-19-14(11)17-8-16-12/h3,5-8H,2,4H2,1H3. The number of likely N-dealkylation sites (N-methyl/N-ethyl adjacent to an activating group) is 1. The highest BCUT2D eigenvalue weighted by Gasteiger charge is 2.18. The normalized spacial score (nSPS) is 14.1. The average Bonchev–Trinajstić information content (AvgIpc) is 3.05. The zero-order chi connectivity index (χ0) is 12.8. The quantitative estimate of drug-likeness (QED) is 0.680. The van der Waals surface area contributed by atoms with Gasteiger partial charge in [0.05, 0.1) is 5.69 Å². The molecule has 3 aromatic rings. The molecule has 0 bridgehead atoms. The van der Waals surface area contributed by atoms with Gasteiger partial charge in [0.2, 0.25) is 0 Å². The predicted octanol–water partition coefficient (Wildman–Crippen LogP) is 2.75. The number of anilines is 1. The van der Waals surface area contributed by atoms with Crippen LogP contribution in [0.5, 0.6) is 0 Å². The molecule has 1 aliphatic heterocycles. The van der Waals surface area contributed by atoms with E-state index in [0.29, 0.717) is 0 Å². The number of thiophene rings is 1. The van der Waals surface area contributed by atoms with Crippen LogP contribution >= 0.6 is 11.3 Å². The fourth-order valence-electron chi connectivity index (χ4n) is 2.57. The van der Waals surface area contributed by atoms with Crippen LogP contribution in [0.4, 0.5) is 5.82 Å². The molecule has 1 aliphatic rings. The van der Waals surface area contributed by atoms with Crippen molar-refractivity contribution in [1.29, 1.82) is 0 Å². The van der Waals surface area contributed by atoms with Crippen molar-refractivity contribution >= 4 is 27.4 Å². The highest BCUT2D eigenvalue weighted by molar-refractivity contribution is 7.16. The van der Waals surface area contributed by atoms with Crippen LogP contribution in [-0.2, 0) is 6.42 Å². The van der Waals surface area contributed by atoms with Gasteiger partial charge >= 0.3 is 0 Å². The Labute approximate surface area is 114 Å². The summed E-state index contributed by atoms with van der Waals surface area (Å²) < 4.78 is 0. The molecule has 0 N–H and O–H groups in total. The Morgan fingerprint density at radius 1 is 1.26 bits per heavy atom. The fourth-order valence-corrected chi connectivity index (χ4v) is 3.31. The topological polar surface area (TPSA) is 41.9 Å². The first-order valence-electron chi connectivity index (χ1n) is 6.21. The average molecular weight is 268 g/mol. The molecule has 0 amide bonds. The molecule has 0 fully saturated rings. The number of pyridine rings is 1. The highest BCUT2D eigenvalue weighted by Crippen LogP contribution is 2.32. The Bertz CT molecular complexity index is 765. The van der Waals surface area contributed by atoms with Gasteiger partial charge in [0.15, 0.2) is 0 Å². The molecule has 5 heteroatoms. The van der Waals surface area contributed by atoms with Gasteiger partial charge in [0, 0.05) is 30.7 Å². The van der Waals surface area contributed by atoms with Crippen molar-refractivity contribution in [3.05, 3.63) is 35.6 Å². The Morgan fingerprint density at radius 3 is 3.16 bits per heavy atom. The molecule has 94 valence electrons. The van der Waals surface area contributed by atoms with E-state index in [9.17, 15) is 0 Å². The first-order valence-corrected chi connectivity index (χ1v) is 7.09. The minimum absolute atomic E-state index is 0.983. The summed E-state index contributed by atoms with van der Waals surface area (Å²) >= 11 is 1.64. The van der Waals surface area contributed by atoms with E-state index in [1.807, 2.05) is 6.20 Å². The summed E-state index contributed by atoms with van der Waals surface area (Å²) in [5, 5.41) is 3.16. The van der Waals surface area contributed by atoms with Crippen LogP contribution in [0.1, 0.15) is 5.56 Å². The third-order valence-corrected chi connectivity index (χ3v) is 4.38. The van der Waals surface area contributed by atoms with Gasteiger partial charge in [-0.05, 0) is 29.5 Å². The summed E-state index contributed by atoms with van der Waals surface area (Å²) in [5.74, 6) is 1.10. The van der Waals surface area contributed by atoms with Gasteiger partial charge in [-0.2, -0.15) is 0 Å². The molecule has 3 aromatic heterocycles. The maximum Gasteiger partial charge on any atom is 0.131 e. The smallest absolute Gasteiger partial charge is 0.131 e. The molecule has 0 saturated heterocycles. The van der Waals surface area contributed by atoms with Crippen molar-refractivity contribution in [3.8, 4) is 11.3 Å². The molecular formula is C14H12N4S. The number of aromatic nitrogens is 3. The van der Waals surface area contributed by atoms with Crippen LogP contribution in [0.2, 0.25) is 0 Å². The molecule has 4 rings (SSSR count). The Balaban J connectivity index is 1.91. The maximum absolute atomic E-state index is 4.58. The van der Waals surface area contributed by atoms with Crippen LogP contribution in [-0.4, -0.2) is 28.5 Å². The summed E-state index contributed by atoms with van der Waals surface area (Å²) in [6, 6.07) is 4.29. The third-order valence-electron chi connectivity index (χ3n) is 3.56. The first-order chi connectivity index (χ1) is 9.33. The second-order valence-electron chi connectivity index (χ2n) is 4.74. The lowest BCUT2D eigenvalue weighted by atomic mass is 10.1. The van der Waals surface area contributed by atoms with E-state index in [-0.39, 0.29) is 0 Å². The van der Waals surface area contributed by atoms with E-state index in [4.69, 9.17) is 0 Å². The molecule has 0 aromatic carbocycles. The van der Waals surface area contributed by atoms with E-state index >= 15 is 0 Å². The van der Waals surface area contributed by atoms with E-state index in [1.54, 1.807) is 17.7 Å². The van der Waals surface area contributed by atoms with Crippen LogP contribution < -0.4 is 4.90 Å². The second kappa shape index (κ2) is 3.99. The zero-order valence-electron chi connectivity index (χ0n) is 10.5. The zero-order valence-corrected chi connectivity index (χ0v) is 11.3. The molecule has 0 radical (unpaired) electrons. The van der Waals surface area contributed by atoms with Gasteiger partial charge in [0.25, 0.3) is 0 Å². The SMILES string of the molecule is CN1CCc2cc(-c3ncnc4sccc34)cnc21. The van der Waals surface area contributed by atoms with E-state index < -0.39 is 0 Å². The van der Waals surface area contributed by atoms with Crippen molar-refractivity contribution in [3.63, 3.8) is 0 Å². The molecule has 0 saturated carbocycles. The van der Waals surface area contributed by atoms with Gasteiger partial charge in [-0.3, -0.25) is 0 Å². The molecule has 4 heterocycles. The molecule has 4 nitrogen and oxygen atoms in total. The Morgan fingerprint density at radius 2 is 2.21 bits per heavy atom. The van der Waals surface area contributed by atoms with Gasteiger partial charge in [0.1, 0.15) is 17.0 Å². The number of hydrogen-bond donors (Lipinski definition) is 0. The molecular weight excluding hydrogens is 256 g/mol. The van der Waals surface area contributed by atoms with Crippen LogP contribution in [0, 0.1) is 0 Å². The molecule has 0 aliphatic carbocycles. The molecule has 0 spiro atoms. The minimum Gasteiger partial charge on any atom is -0.359 e. The lowest BCUT2D eigenvalue weighted by molar-refractivity contribution is 0.945. The largest absolute Gasteiger partial charge is 0.359 e. The summed E-state index contributed by atoms with van der Waals surface area (Å²) in [6.45, 7) is 1.05. The van der Waals surface area contributed by atoms with Gasteiger partial charge in [-0.15, -0.1) is 11.3 Å². The van der Waals surface area contributed by atoms with Crippen molar-refractivity contribution in [2.45, 2.75) is 6.42 Å². The monoisotopic (exact) mass is 268 g/mol. The summed E-state index contributed by atoms with van der Waals surface area (Å²) in [4.78, 5) is 16.5. The van der Waals surface area contributed by atoms with Gasteiger partial charge in [-0.1, -0.05) is 0 Å². The van der Waals surface area contributed by atoms with Gasteiger partial charge < -0.3 is 4.90 Å². The van der Waals surface area contributed by atoms with E-state index in [1.165, 1.54) is 5.56 Å². The lowest BCUT2D eigenvalue weighted by Gasteiger charge is -2.10. The van der Waals surface area contributed by atoms with E-state index in [0.717, 1.165) is 40.3 Å². The first kappa shape index (κ1) is 10.9. The Kier molecular flexibility index (Phi) is 2.29. The summed E-state index contributed by atoms with van der Waals surface area (Å²) in [6.07, 6.45) is 4.61. The summed E-state index contributed by atoms with van der Waals surface area (Å²) in [5.41, 5.74) is 3.37. The third kappa shape index (κ3) is 1.62. The van der Waals surface area contributed by atoms with Crippen LogP contribution in [0.3, 0.4) is 0 Å². The number of fused-ring (bicyclic) bond motifs is 2. The van der Waals surface area contributed by atoms with Crippen molar-refractivity contribution in [2.24, 2.45) is 0 Å². The minimum atomic E-state index is 0.983. The fraction of sp³-hybridized carbons (Fsp3) is 0.214. The van der Waals surface area contributed by atoms with E-state index in [2.05, 4.69) is 44.4 Å². The van der Waals surface area contributed by atoms with Crippen molar-refractivity contribution in [2.75, 3.05) is 18.5 Å². The Hall–Kier alpha value is -2.01. The van der Waals surface area contributed by atoms with Crippen LogP contribution in [0.15, 0.2) is 30.0 Å². The number of nitrogens with zero attached hydrogens (tertiary/aromatic N) is 4. The van der Waals surface area contributed by atoms with Crippen LogP contribution in [0.25, 0.3) is 21.5 Å². The number of rotatable bonds is 1. The molecule has 0 unspecified atom stereocenters. The molecule has 0 atom stereocenters. The lowest BCUT2D eigenvalue weighted by Crippen LogP contribution is -2.13. The predicted molar refractivity (Wildman–Crippen MR) is 77.6 cm³/mol. The summed E-state index contributed by atoms with van der Waals surface area (Å²) in [7, 11) is 2.08. The van der Waals surface area contributed by atoms with Crippen molar-refractivity contribution in [1.82, 2.24) is 15.0 Å². The van der Waals surface area contributed by atoms with Gasteiger partial charge in [-0.25, -0.2) is 15.0 Å². The maximum atomic E-state index is 4.58.